The van der Waals surface area contributed by atoms with Crippen molar-refractivity contribution in [1.82, 2.24) is 14.8 Å². The second-order valence-electron chi connectivity index (χ2n) is 8.04. The Hall–Kier alpha value is -4.21. The Morgan fingerprint density at radius 2 is 1.89 bits per heavy atom. The number of fused-ring (bicyclic) bond motifs is 2. The number of hydrogen-bond acceptors (Lipinski definition) is 5. The fraction of sp³-hybridized carbons (Fsp3) is 0.240. The van der Waals surface area contributed by atoms with Crippen molar-refractivity contribution < 1.29 is 27.2 Å². The van der Waals surface area contributed by atoms with Gasteiger partial charge in [-0.1, -0.05) is 0 Å². The van der Waals surface area contributed by atoms with E-state index < -0.39 is 26.1 Å². The summed E-state index contributed by atoms with van der Waals surface area (Å²) in [7, 11) is -0.786. The molecule has 180 valence electrons. The lowest BCUT2D eigenvalue weighted by Crippen LogP contribution is -2.45. The normalized spacial score (nSPS) is 15.1. The van der Waals surface area contributed by atoms with E-state index >= 15 is 0 Å². The van der Waals surface area contributed by atoms with Crippen LogP contribution in [0.3, 0.4) is 0 Å². The van der Waals surface area contributed by atoms with Crippen LogP contribution in [-0.4, -0.2) is 40.9 Å². The van der Waals surface area contributed by atoms with Crippen molar-refractivity contribution >= 4 is 34.1 Å². The molecule has 2 amide bonds. The van der Waals surface area contributed by atoms with Gasteiger partial charge in [-0.05, 0) is 55.5 Å². The number of methoxy groups -OCH3 is 1. The zero-order valence-corrected chi connectivity index (χ0v) is 18.9. The van der Waals surface area contributed by atoms with Gasteiger partial charge in [-0.25, -0.2) is 18.5 Å². The molecule has 0 spiro atoms. The number of rotatable bonds is 6. The van der Waals surface area contributed by atoms with Crippen LogP contribution < -0.4 is 19.3 Å². The zero-order chi connectivity index (χ0) is 27.2. The number of pyridine rings is 1. The van der Waals surface area contributed by atoms with Gasteiger partial charge in [0.25, 0.3) is 6.43 Å². The third-order valence-electron chi connectivity index (χ3n) is 5.89. The lowest BCUT2D eigenvalue weighted by Gasteiger charge is -2.36. The molecule has 0 saturated carbocycles. The van der Waals surface area contributed by atoms with Crippen LogP contribution in [-0.2, 0) is 13.6 Å². The Kier molecular flexibility index (Phi) is 4.84. The summed E-state index contributed by atoms with van der Waals surface area (Å²) >= 11 is 0. The van der Waals surface area contributed by atoms with E-state index in [1.165, 1.54) is 35.2 Å². The highest BCUT2D eigenvalue weighted by molar-refractivity contribution is 6.10. The summed E-state index contributed by atoms with van der Waals surface area (Å²) in [5.41, 5.74) is 3.39. The van der Waals surface area contributed by atoms with Gasteiger partial charge >= 0.3 is 6.03 Å². The van der Waals surface area contributed by atoms with Gasteiger partial charge in [-0.15, -0.1) is 0 Å². The lowest BCUT2D eigenvalue weighted by atomic mass is 10.1. The minimum absolute atomic E-state index is 0.0509. The SMILES string of the molecule is [2H]C([2H])([2H])Oc1ccc(N2C(=O)N(c3ccc4nn(C)c(C)c4c3)Cc3ccc(OCC(F)F)nc32)cc1. The maximum atomic E-state index is 13.9. The Morgan fingerprint density at radius 3 is 2.63 bits per heavy atom. The van der Waals surface area contributed by atoms with E-state index in [9.17, 15) is 13.6 Å². The Labute approximate surface area is 204 Å². The summed E-state index contributed by atoms with van der Waals surface area (Å²) in [5.74, 6) is 0.265. The van der Waals surface area contributed by atoms with Crippen molar-refractivity contribution in [3.63, 3.8) is 0 Å². The minimum Gasteiger partial charge on any atom is -0.497 e. The first-order chi connectivity index (χ1) is 18.0. The molecule has 4 aromatic rings. The summed E-state index contributed by atoms with van der Waals surface area (Å²) in [6.45, 7) is 1.28. The first-order valence-electron chi connectivity index (χ1n) is 12.2. The van der Waals surface area contributed by atoms with Crippen LogP contribution in [0.2, 0.25) is 0 Å². The number of aromatic nitrogens is 3. The third kappa shape index (κ3) is 4.11. The third-order valence-corrected chi connectivity index (χ3v) is 5.89. The lowest BCUT2D eigenvalue weighted by molar-refractivity contribution is 0.0796. The number of carbonyl (C=O) groups excluding carboxylic acids is 1. The number of anilines is 3. The number of amides is 2. The van der Waals surface area contributed by atoms with Crippen molar-refractivity contribution in [2.24, 2.45) is 7.05 Å². The molecular formula is C25H23F2N5O3. The smallest absolute Gasteiger partial charge is 0.335 e. The second-order valence-corrected chi connectivity index (χ2v) is 8.04. The predicted molar refractivity (Wildman–Crippen MR) is 128 cm³/mol. The number of carbonyl (C=O) groups is 1. The molecule has 0 atom stereocenters. The number of ether oxygens (including phenoxy) is 2. The van der Waals surface area contributed by atoms with Crippen LogP contribution >= 0.6 is 0 Å². The van der Waals surface area contributed by atoms with Crippen LogP contribution in [0.15, 0.2) is 54.6 Å². The number of alkyl halides is 2. The molecule has 0 N–H and O–H groups in total. The molecule has 0 bridgehead atoms. The van der Waals surface area contributed by atoms with Crippen LogP contribution in [0.5, 0.6) is 11.6 Å². The van der Waals surface area contributed by atoms with Gasteiger partial charge in [0.15, 0.2) is 6.61 Å². The molecule has 0 saturated heterocycles. The van der Waals surface area contributed by atoms with Crippen molar-refractivity contribution in [2.45, 2.75) is 19.9 Å². The summed E-state index contributed by atoms with van der Waals surface area (Å²) in [5, 5.41) is 5.36. The average Bonchev–Trinajstić information content (AvgIpc) is 3.15. The van der Waals surface area contributed by atoms with Crippen molar-refractivity contribution in [3.8, 4) is 11.6 Å². The van der Waals surface area contributed by atoms with E-state index in [0.717, 1.165) is 16.6 Å². The first kappa shape index (κ1) is 19.1. The van der Waals surface area contributed by atoms with Gasteiger partial charge in [0.05, 0.1) is 28.9 Å². The van der Waals surface area contributed by atoms with Gasteiger partial charge < -0.3 is 9.47 Å². The molecule has 0 radical (unpaired) electrons. The monoisotopic (exact) mass is 482 g/mol. The molecule has 2 aromatic carbocycles. The van der Waals surface area contributed by atoms with Crippen molar-refractivity contribution in [1.29, 1.82) is 0 Å². The molecule has 1 aliphatic rings. The van der Waals surface area contributed by atoms with E-state index in [0.29, 0.717) is 16.9 Å². The summed E-state index contributed by atoms with van der Waals surface area (Å²) in [6, 6.07) is 14.1. The minimum atomic E-state index is -2.68. The molecule has 1 aliphatic heterocycles. The van der Waals surface area contributed by atoms with Gasteiger partial charge in [-0.2, -0.15) is 10.1 Å². The standard InChI is InChI=1S/C25H23F2N5O3/c1-15-20-12-18(7-10-21(20)29-30(15)2)31-13-16-4-11-23(35-14-22(26)27)28-24(16)32(25(31)33)17-5-8-19(34-3)9-6-17/h4-12,22H,13-14H2,1-3H3/i3D3. The molecule has 5 rings (SSSR count). The highest BCUT2D eigenvalue weighted by Gasteiger charge is 2.34. The summed E-state index contributed by atoms with van der Waals surface area (Å²) in [4.78, 5) is 21.2. The van der Waals surface area contributed by atoms with Crippen LogP contribution in [0.1, 0.15) is 15.4 Å². The maximum Gasteiger partial charge on any atom is 0.335 e. The van der Waals surface area contributed by atoms with Crippen LogP contribution in [0, 0.1) is 6.92 Å². The predicted octanol–water partition coefficient (Wildman–Crippen LogP) is 5.21. The topological polar surface area (TPSA) is 72.7 Å². The molecule has 0 unspecified atom stereocenters. The molecule has 0 aliphatic carbocycles. The zero-order valence-electron chi connectivity index (χ0n) is 21.9. The first-order valence-corrected chi connectivity index (χ1v) is 10.7. The Balaban J connectivity index is 1.57. The van der Waals surface area contributed by atoms with Crippen molar-refractivity contribution in [3.05, 3.63) is 65.9 Å². The fourth-order valence-corrected chi connectivity index (χ4v) is 4.03. The molecule has 10 heteroatoms. The summed E-state index contributed by atoms with van der Waals surface area (Å²) in [6.07, 6.45) is -2.68. The average molecular weight is 483 g/mol. The molecule has 35 heavy (non-hydrogen) atoms. The van der Waals surface area contributed by atoms with E-state index in [-0.39, 0.29) is 24.0 Å². The summed E-state index contributed by atoms with van der Waals surface area (Å²) < 4.78 is 59.1. The molecular weight excluding hydrogens is 456 g/mol. The van der Waals surface area contributed by atoms with Crippen molar-refractivity contribution in [2.75, 3.05) is 23.4 Å². The largest absolute Gasteiger partial charge is 0.497 e. The highest BCUT2D eigenvalue weighted by Crippen LogP contribution is 2.38. The quantitative estimate of drug-likeness (QED) is 0.377. The van der Waals surface area contributed by atoms with Gasteiger partial charge in [-0.3, -0.25) is 9.58 Å². The van der Waals surface area contributed by atoms with E-state index in [1.54, 1.807) is 21.7 Å². The molecule has 0 fully saturated rings. The molecule has 2 aromatic heterocycles. The van der Waals surface area contributed by atoms with E-state index in [4.69, 9.17) is 13.6 Å². The number of halogens is 2. The van der Waals surface area contributed by atoms with Gasteiger partial charge in [0.1, 0.15) is 11.6 Å². The number of benzene rings is 2. The Bertz CT molecular complexity index is 1510. The number of hydrogen-bond donors (Lipinski definition) is 0. The maximum absolute atomic E-state index is 13.9. The number of urea groups is 1. The van der Waals surface area contributed by atoms with Gasteiger partial charge in [0, 0.05) is 35.4 Å². The number of nitrogens with zero attached hydrogens (tertiary/aromatic N) is 5. The van der Waals surface area contributed by atoms with Crippen LogP contribution in [0.25, 0.3) is 10.9 Å². The van der Waals surface area contributed by atoms with Gasteiger partial charge in [0.2, 0.25) is 5.88 Å². The molecule has 8 nitrogen and oxygen atoms in total. The fourth-order valence-electron chi connectivity index (χ4n) is 4.03. The van der Waals surface area contributed by atoms with E-state index in [1.807, 2.05) is 26.1 Å². The van der Waals surface area contributed by atoms with E-state index in [2.05, 4.69) is 10.1 Å². The highest BCUT2D eigenvalue weighted by atomic mass is 19.3. The number of aryl methyl sites for hydroxylation is 2. The second kappa shape index (κ2) is 8.86. The Morgan fingerprint density at radius 1 is 1.11 bits per heavy atom. The molecule has 3 heterocycles. The van der Waals surface area contributed by atoms with Crippen LogP contribution in [0.4, 0.5) is 30.8 Å².